The summed E-state index contributed by atoms with van der Waals surface area (Å²) in [6, 6.07) is 19.8. The molecule has 5 nitrogen and oxygen atoms in total. The maximum atomic E-state index is 13.6. The lowest BCUT2D eigenvalue weighted by molar-refractivity contribution is 0.102. The fourth-order valence-electron chi connectivity index (χ4n) is 3.50. The van der Waals surface area contributed by atoms with E-state index in [1.807, 2.05) is 24.3 Å². The van der Waals surface area contributed by atoms with Crippen LogP contribution in [0.3, 0.4) is 0 Å². The topological polar surface area (TPSA) is 56.2 Å². The summed E-state index contributed by atoms with van der Waals surface area (Å²) in [5.41, 5.74) is 3.33. The van der Waals surface area contributed by atoms with Crippen LogP contribution in [-0.4, -0.2) is 15.7 Å². The van der Waals surface area contributed by atoms with Crippen molar-refractivity contribution in [2.75, 3.05) is 5.32 Å². The van der Waals surface area contributed by atoms with Gasteiger partial charge in [-0.05, 0) is 59.0 Å². The van der Waals surface area contributed by atoms with Crippen molar-refractivity contribution in [3.8, 4) is 5.88 Å². The second-order valence-electron chi connectivity index (χ2n) is 8.32. The summed E-state index contributed by atoms with van der Waals surface area (Å²) in [6.45, 7) is 4.49. The van der Waals surface area contributed by atoms with E-state index in [2.05, 4.69) is 24.3 Å². The first-order valence-electron chi connectivity index (χ1n) is 11.0. The van der Waals surface area contributed by atoms with Gasteiger partial charge in [-0.25, -0.2) is 8.78 Å². The molecule has 0 saturated heterocycles. The lowest BCUT2D eigenvalue weighted by Crippen LogP contribution is -2.13. The maximum Gasteiger partial charge on any atom is 0.262 e. The third kappa shape index (κ3) is 5.86. The van der Waals surface area contributed by atoms with E-state index in [4.69, 9.17) is 4.74 Å². The second kappa shape index (κ2) is 10.3. The molecule has 1 heterocycles. The quantitative estimate of drug-likeness (QED) is 0.342. The molecule has 0 spiro atoms. The number of carbonyl (C=O) groups excluding carboxylic acids is 1. The van der Waals surface area contributed by atoms with Crippen molar-refractivity contribution in [1.82, 2.24) is 9.78 Å². The first-order valence-corrected chi connectivity index (χ1v) is 11.0. The van der Waals surface area contributed by atoms with Gasteiger partial charge in [0.1, 0.15) is 23.8 Å². The standard InChI is InChI=1S/C27H25F2N3O2/c1-18(2)21-9-11-24(12-10-21)30-26(33)25-16-32(15-19-5-3-7-22(28)13-19)31-27(25)34-17-20-6-4-8-23(29)14-20/h3-14,16,18H,15,17H2,1-2H3,(H,30,33). The molecule has 0 fully saturated rings. The molecule has 1 aromatic heterocycles. The summed E-state index contributed by atoms with van der Waals surface area (Å²) in [5.74, 6) is -0.627. The lowest BCUT2D eigenvalue weighted by atomic mass is 10.0. The van der Waals surface area contributed by atoms with E-state index in [-0.39, 0.29) is 36.2 Å². The zero-order valence-corrected chi connectivity index (χ0v) is 19.0. The normalized spacial score (nSPS) is 11.0. The van der Waals surface area contributed by atoms with E-state index in [0.29, 0.717) is 22.7 Å². The number of hydrogen-bond donors (Lipinski definition) is 1. The molecule has 7 heteroatoms. The summed E-state index contributed by atoms with van der Waals surface area (Å²) >= 11 is 0. The molecule has 4 rings (SSSR count). The van der Waals surface area contributed by atoms with Crippen LogP contribution in [0.25, 0.3) is 0 Å². The van der Waals surface area contributed by atoms with Crippen LogP contribution in [0.4, 0.5) is 14.5 Å². The molecular formula is C27H25F2N3O2. The number of anilines is 1. The molecule has 4 aromatic rings. The number of rotatable bonds is 8. The predicted molar refractivity (Wildman–Crippen MR) is 127 cm³/mol. The minimum Gasteiger partial charge on any atom is -0.471 e. The fraction of sp³-hybridized carbons (Fsp3) is 0.185. The van der Waals surface area contributed by atoms with Gasteiger partial charge >= 0.3 is 0 Å². The van der Waals surface area contributed by atoms with Crippen molar-refractivity contribution in [2.45, 2.75) is 32.9 Å². The van der Waals surface area contributed by atoms with Crippen molar-refractivity contribution in [1.29, 1.82) is 0 Å². The Morgan fingerprint density at radius 3 is 2.26 bits per heavy atom. The van der Waals surface area contributed by atoms with Crippen molar-refractivity contribution in [3.63, 3.8) is 0 Å². The average molecular weight is 462 g/mol. The van der Waals surface area contributed by atoms with Gasteiger partial charge in [-0.1, -0.05) is 50.2 Å². The number of ether oxygens (including phenoxy) is 1. The van der Waals surface area contributed by atoms with Crippen LogP contribution >= 0.6 is 0 Å². The number of halogens is 2. The van der Waals surface area contributed by atoms with E-state index in [1.165, 1.54) is 34.5 Å². The van der Waals surface area contributed by atoms with E-state index >= 15 is 0 Å². The molecular weight excluding hydrogens is 436 g/mol. The second-order valence-corrected chi connectivity index (χ2v) is 8.32. The van der Waals surface area contributed by atoms with Gasteiger partial charge in [-0.3, -0.25) is 9.48 Å². The Bertz CT molecular complexity index is 1280. The van der Waals surface area contributed by atoms with Gasteiger partial charge < -0.3 is 10.1 Å². The molecule has 1 amide bonds. The highest BCUT2D eigenvalue weighted by molar-refractivity contribution is 6.05. The number of nitrogens with one attached hydrogen (secondary N) is 1. The molecule has 0 saturated carbocycles. The number of hydrogen-bond acceptors (Lipinski definition) is 3. The van der Waals surface area contributed by atoms with Crippen LogP contribution in [0.1, 0.15) is 46.8 Å². The van der Waals surface area contributed by atoms with E-state index in [9.17, 15) is 13.6 Å². The highest BCUT2D eigenvalue weighted by Crippen LogP contribution is 2.22. The van der Waals surface area contributed by atoms with Gasteiger partial charge in [0, 0.05) is 11.9 Å². The Labute approximate surface area is 197 Å². The highest BCUT2D eigenvalue weighted by Gasteiger charge is 2.19. The van der Waals surface area contributed by atoms with Crippen LogP contribution in [0.15, 0.2) is 79.0 Å². The SMILES string of the molecule is CC(C)c1ccc(NC(=O)c2cn(Cc3cccc(F)c3)nc2OCc2cccc(F)c2)cc1. The molecule has 174 valence electrons. The zero-order chi connectivity index (χ0) is 24.1. The third-order valence-corrected chi connectivity index (χ3v) is 5.31. The van der Waals surface area contributed by atoms with Gasteiger partial charge in [-0.15, -0.1) is 5.10 Å². The van der Waals surface area contributed by atoms with E-state index < -0.39 is 5.91 Å². The van der Waals surface area contributed by atoms with E-state index in [0.717, 1.165) is 0 Å². The van der Waals surface area contributed by atoms with Crippen molar-refractivity contribution >= 4 is 11.6 Å². The van der Waals surface area contributed by atoms with Crippen LogP contribution in [-0.2, 0) is 13.2 Å². The number of carbonyl (C=O) groups is 1. The molecule has 34 heavy (non-hydrogen) atoms. The van der Waals surface area contributed by atoms with Crippen LogP contribution in [0, 0.1) is 11.6 Å². The number of amides is 1. The minimum absolute atomic E-state index is 0.0398. The van der Waals surface area contributed by atoms with Crippen LogP contribution < -0.4 is 10.1 Å². The summed E-state index contributed by atoms with van der Waals surface area (Å²) in [5, 5.41) is 7.26. The number of nitrogens with zero attached hydrogens (tertiary/aromatic N) is 2. The van der Waals surface area contributed by atoms with Gasteiger partial charge in [0.15, 0.2) is 0 Å². The number of aromatic nitrogens is 2. The zero-order valence-electron chi connectivity index (χ0n) is 19.0. The molecule has 3 aromatic carbocycles. The van der Waals surface area contributed by atoms with Crippen LogP contribution in [0.5, 0.6) is 5.88 Å². The molecule has 0 atom stereocenters. The molecule has 0 aliphatic rings. The van der Waals surface area contributed by atoms with Gasteiger partial charge in [0.25, 0.3) is 5.91 Å². The fourth-order valence-corrected chi connectivity index (χ4v) is 3.50. The molecule has 1 N–H and O–H groups in total. The first-order chi connectivity index (χ1) is 16.4. The maximum absolute atomic E-state index is 13.6. The Balaban J connectivity index is 1.57. The molecule has 0 radical (unpaired) electrons. The Kier molecular flexibility index (Phi) is 7.01. The molecule has 0 aliphatic heterocycles. The average Bonchev–Trinajstić information content (AvgIpc) is 3.21. The van der Waals surface area contributed by atoms with Crippen molar-refractivity contribution in [3.05, 3.63) is 113 Å². The lowest BCUT2D eigenvalue weighted by Gasteiger charge is -2.09. The molecule has 0 aliphatic carbocycles. The largest absolute Gasteiger partial charge is 0.471 e. The molecule has 0 bridgehead atoms. The highest BCUT2D eigenvalue weighted by atomic mass is 19.1. The first kappa shape index (κ1) is 23.2. The number of benzene rings is 3. The van der Waals surface area contributed by atoms with Gasteiger partial charge in [0.05, 0.1) is 6.54 Å². The third-order valence-electron chi connectivity index (χ3n) is 5.31. The summed E-state index contributed by atoms with van der Waals surface area (Å²) in [4.78, 5) is 13.1. The Hall–Kier alpha value is -4.00. The van der Waals surface area contributed by atoms with E-state index in [1.54, 1.807) is 30.5 Å². The summed E-state index contributed by atoms with van der Waals surface area (Å²) < 4.78 is 34.4. The van der Waals surface area contributed by atoms with Crippen molar-refractivity contribution < 1.29 is 18.3 Å². The Morgan fingerprint density at radius 1 is 0.971 bits per heavy atom. The minimum atomic E-state index is -0.392. The Morgan fingerprint density at radius 2 is 1.62 bits per heavy atom. The monoisotopic (exact) mass is 461 g/mol. The summed E-state index contributed by atoms with van der Waals surface area (Å²) in [6.07, 6.45) is 1.56. The van der Waals surface area contributed by atoms with Gasteiger partial charge in [0.2, 0.25) is 5.88 Å². The van der Waals surface area contributed by atoms with Crippen molar-refractivity contribution in [2.24, 2.45) is 0 Å². The smallest absolute Gasteiger partial charge is 0.262 e. The van der Waals surface area contributed by atoms with Crippen LogP contribution in [0.2, 0.25) is 0 Å². The summed E-state index contributed by atoms with van der Waals surface area (Å²) in [7, 11) is 0. The van der Waals surface area contributed by atoms with Gasteiger partial charge in [-0.2, -0.15) is 0 Å². The predicted octanol–water partition coefficient (Wildman–Crippen LogP) is 6.16. The molecule has 0 unspecified atom stereocenters.